The second kappa shape index (κ2) is 9.20. The minimum absolute atomic E-state index is 0.00848. The first-order chi connectivity index (χ1) is 15.0. The molecule has 2 heterocycles. The van der Waals surface area contributed by atoms with E-state index >= 15 is 0 Å². The summed E-state index contributed by atoms with van der Waals surface area (Å²) >= 11 is 0. The number of aryl methyl sites for hydroxylation is 1. The molecule has 7 heteroatoms. The third-order valence-electron chi connectivity index (χ3n) is 5.78. The standard InChI is InChI=1S/C24H27N3O4/c1-17-15-18(26-12-4-5-13-26)10-11-20(17)25-22(28)16-31-24(30)19-7-2-3-8-21(19)27-14-6-9-23(27)29/h2-3,7-8,10-11,15H,4-6,9,12-14,16H2,1H3,(H,25,28). The number of carbonyl (C=O) groups excluding carboxylic acids is 3. The Morgan fingerprint density at radius 3 is 2.52 bits per heavy atom. The molecule has 162 valence electrons. The summed E-state index contributed by atoms with van der Waals surface area (Å²) in [6, 6.07) is 12.8. The van der Waals surface area contributed by atoms with Crippen LogP contribution in [0.2, 0.25) is 0 Å². The molecule has 0 radical (unpaired) electrons. The van der Waals surface area contributed by atoms with E-state index in [9.17, 15) is 14.4 Å². The second-order valence-corrected chi connectivity index (χ2v) is 7.98. The maximum absolute atomic E-state index is 12.6. The third kappa shape index (κ3) is 4.71. The van der Waals surface area contributed by atoms with Crippen molar-refractivity contribution >= 4 is 34.8 Å². The Morgan fingerprint density at radius 1 is 1.03 bits per heavy atom. The third-order valence-corrected chi connectivity index (χ3v) is 5.78. The van der Waals surface area contributed by atoms with Crippen LogP contribution in [0.25, 0.3) is 0 Å². The monoisotopic (exact) mass is 421 g/mol. The number of nitrogens with one attached hydrogen (secondary N) is 1. The van der Waals surface area contributed by atoms with Gasteiger partial charge in [0, 0.05) is 37.4 Å². The molecule has 1 N–H and O–H groups in total. The minimum Gasteiger partial charge on any atom is -0.452 e. The molecule has 2 aromatic carbocycles. The van der Waals surface area contributed by atoms with Crippen molar-refractivity contribution in [1.82, 2.24) is 0 Å². The number of anilines is 3. The summed E-state index contributed by atoms with van der Waals surface area (Å²) < 4.78 is 5.25. The molecule has 2 saturated heterocycles. The molecule has 0 bridgehead atoms. The number of carbonyl (C=O) groups is 3. The van der Waals surface area contributed by atoms with Gasteiger partial charge in [-0.15, -0.1) is 0 Å². The Hall–Kier alpha value is -3.35. The SMILES string of the molecule is Cc1cc(N2CCCC2)ccc1NC(=O)COC(=O)c1ccccc1N1CCCC1=O. The van der Waals surface area contributed by atoms with Gasteiger partial charge < -0.3 is 19.9 Å². The minimum atomic E-state index is -0.619. The van der Waals surface area contributed by atoms with E-state index < -0.39 is 18.5 Å². The molecule has 4 rings (SSSR count). The van der Waals surface area contributed by atoms with Crippen molar-refractivity contribution in [3.05, 3.63) is 53.6 Å². The van der Waals surface area contributed by atoms with E-state index in [4.69, 9.17) is 4.74 Å². The Balaban J connectivity index is 1.36. The molecule has 2 aliphatic rings. The van der Waals surface area contributed by atoms with Crippen LogP contribution >= 0.6 is 0 Å². The van der Waals surface area contributed by atoms with Gasteiger partial charge in [-0.05, 0) is 62.1 Å². The normalized spacial score (nSPS) is 16.0. The van der Waals surface area contributed by atoms with Crippen molar-refractivity contribution in [3.8, 4) is 0 Å². The highest BCUT2D eigenvalue weighted by Gasteiger charge is 2.26. The quantitative estimate of drug-likeness (QED) is 0.722. The van der Waals surface area contributed by atoms with Gasteiger partial charge in [0.1, 0.15) is 0 Å². The van der Waals surface area contributed by atoms with Gasteiger partial charge in [0.15, 0.2) is 6.61 Å². The summed E-state index contributed by atoms with van der Waals surface area (Å²) in [6.07, 6.45) is 3.65. The van der Waals surface area contributed by atoms with Crippen molar-refractivity contribution in [1.29, 1.82) is 0 Å². The number of hydrogen-bond acceptors (Lipinski definition) is 5. The van der Waals surface area contributed by atoms with E-state index in [1.54, 1.807) is 29.2 Å². The summed E-state index contributed by atoms with van der Waals surface area (Å²) in [5.41, 5.74) is 3.64. The number of para-hydroxylation sites is 1. The number of hydrogen-bond donors (Lipinski definition) is 1. The highest BCUT2D eigenvalue weighted by molar-refractivity contribution is 6.04. The molecule has 2 aliphatic heterocycles. The predicted octanol–water partition coefficient (Wildman–Crippen LogP) is 3.52. The Bertz CT molecular complexity index is 998. The van der Waals surface area contributed by atoms with Gasteiger partial charge in [0.25, 0.3) is 5.91 Å². The van der Waals surface area contributed by atoms with Crippen LogP contribution in [0.5, 0.6) is 0 Å². The number of nitrogens with zero attached hydrogens (tertiary/aromatic N) is 2. The average molecular weight is 421 g/mol. The van der Waals surface area contributed by atoms with E-state index in [0.29, 0.717) is 24.3 Å². The van der Waals surface area contributed by atoms with Crippen LogP contribution in [0.15, 0.2) is 42.5 Å². The number of rotatable bonds is 6. The maximum Gasteiger partial charge on any atom is 0.340 e. The largest absolute Gasteiger partial charge is 0.452 e. The molecule has 0 unspecified atom stereocenters. The molecular weight excluding hydrogens is 394 g/mol. The van der Waals surface area contributed by atoms with Crippen molar-refractivity contribution < 1.29 is 19.1 Å². The fourth-order valence-electron chi connectivity index (χ4n) is 4.14. The summed E-state index contributed by atoms with van der Waals surface area (Å²) in [5, 5.41) is 2.81. The highest BCUT2D eigenvalue weighted by Crippen LogP contribution is 2.27. The molecule has 2 aromatic rings. The van der Waals surface area contributed by atoms with E-state index in [2.05, 4.69) is 16.3 Å². The smallest absolute Gasteiger partial charge is 0.340 e. The molecule has 0 atom stereocenters. The second-order valence-electron chi connectivity index (χ2n) is 7.98. The number of esters is 1. The molecule has 0 aliphatic carbocycles. The summed E-state index contributed by atoms with van der Waals surface area (Å²) in [4.78, 5) is 41.0. The molecule has 0 aromatic heterocycles. The van der Waals surface area contributed by atoms with Gasteiger partial charge >= 0.3 is 5.97 Å². The van der Waals surface area contributed by atoms with Crippen molar-refractivity contribution in [3.63, 3.8) is 0 Å². The van der Waals surface area contributed by atoms with Gasteiger partial charge in [-0.25, -0.2) is 4.79 Å². The Kier molecular flexibility index (Phi) is 6.21. The van der Waals surface area contributed by atoms with E-state index in [0.717, 1.165) is 30.8 Å². The van der Waals surface area contributed by atoms with Gasteiger partial charge in [0.2, 0.25) is 5.91 Å². The fourth-order valence-corrected chi connectivity index (χ4v) is 4.14. The zero-order valence-corrected chi connectivity index (χ0v) is 17.7. The number of amides is 2. The molecule has 0 spiro atoms. The first kappa shape index (κ1) is 20.9. The van der Waals surface area contributed by atoms with Crippen LogP contribution in [0.3, 0.4) is 0 Å². The summed E-state index contributed by atoms with van der Waals surface area (Å²) in [7, 11) is 0. The lowest BCUT2D eigenvalue weighted by Gasteiger charge is -2.19. The van der Waals surface area contributed by atoms with Gasteiger partial charge in [0.05, 0.1) is 11.3 Å². The number of benzene rings is 2. The number of ether oxygens (including phenoxy) is 1. The first-order valence-electron chi connectivity index (χ1n) is 10.7. The lowest BCUT2D eigenvalue weighted by Crippen LogP contribution is -2.27. The zero-order valence-electron chi connectivity index (χ0n) is 17.7. The Morgan fingerprint density at radius 2 is 1.81 bits per heavy atom. The molecular formula is C24H27N3O4. The van der Waals surface area contributed by atoms with E-state index in [-0.39, 0.29) is 11.5 Å². The topological polar surface area (TPSA) is 79.0 Å². The van der Waals surface area contributed by atoms with Crippen LogP contribution in [0.4, 0.5) is 17.1 Å². The van der Waals surface area contributed by atoms with E-state index in [1.807, 2.05) is 19.1 Å². The molecule has 0 saturated carbocycles. The molecule has 2 amide bonds. The Labute approximate surface area is 182 Å². The van der Waals surface area contributed by atoms with Crippen molar-refractivity contribution in [2.45, 2.75) is 32.6 Å². The van der Waals surface area contributed by atoms with Crippen molar-refractivity contribution in [2.24, 2.45) is 0 Å². The lowest BCUT2D eigenvalue weighted by molar-refractivity contribution is -0.119. The van der Waals surface area contributed by atoms with Gasteiger partial charge in [-0.3, -0.25) is 9.59 Å². The maximum atomic E-state index is 12.6. The van der Waals surface area contributed by atoms with Crippen LogP contribution in [0, 0.1) is 6.92 Å². The molecule has 7 nitrogen and oxygen atoms in total. The summed E-state index contributed by atoms with van der Waals surface area (Å²) in [5.74, 6) is -1.03. The van der Waals surface area contributed by atoms with Crippen LogP contribution in [-0.2, 0) is 14.3 Å². The fraction of sp³-hybridized carbons (Fsp3) is 0.375. The summed E-state index contributed by atoms with van der Waals surface area (Å²) in [6.45, 7) is 4.26. The van der Waals surface area contributed by atoms with Gasteiger partial charge in [-0.1, -0.05) is 12.1 Å². The molecule has 2 fully saturated rings. The van der Waals surface area contributed by atoms with Crippen LogP contribution in [0.1, 0.15) is 41.6 Å². The lowest BCUT2D eigenvalue weighted by atomic mass is 10.1. The average Bonchev–Trinajstić information content (AvgIpc) is 3.45. The predicted molar refractivity (Wildman–Crippen MR) is 120 cm³/mol. The highest BCUT2D eigenvalue weighted by atomic mass is 16.5. The van der Waals surface area contributed by atoms with Crippen LogP contribution in [-0.4, -0.2) is 44.0 Å². The zero-order chi connectivity index (χ0) is 21.8. The van der Waals surface area contributed by atoms with Crippen molar-refractivity contribution in [2.75, 3.05) is 41.4 Å². The molecule has 31 heavy (non-hydrogen) atoms. The first-order valence-corrected chi connectivity index (χ1v) is 10.7. The van der Waals surface area contributed by atoms with Gasteiger partial charge in [-0.2, -0.15) is 0 Å². The van der Waals surface area contributed by atoms with E-state index in [1.165, 1.54) is 12.8 Å². The van der Waals surface area contributed by atoms with Crippen LogP contribution < -0.4 is 15.1 Å².